The van der Waals surface area contributed by atoms with E-state index in [9.17, 15) is 55.8 Å². The van der Waals surface area contributed by atoms with Crippen molar-refractivity contribution in [2.75, 3.05) is 17.7 Å². The van der Waals surface area contributed by atoms with E-state index in [1.54, 1.807) is 4.72 Å². The van der Waals surface area contributed by atoms with Crippen molar-refractivity contribution < 1.29 is 51.1 Å². The number of likely N-dealkylation sites (tertiary alicyclic amines) is 1. The Kier molecular flexibility index (Phi) is 10.4. The molecule has 0 spiro atoms. The number of thiazole rings is 1. The Morgan fingerprint density at radius 3 is 2.38 bits per heavy atom. The predicted molar refractivity (Wildman–Crippen MR) is 180 cm³/mol. The molecule has 0 aliphatic carbocycles. The number of aromatic nitrogens is 5. The van der Waals surface area contributed by atoms with Crippen LogP contribution < -0.4 is 26.9 Å². The molecular weight excluding hydrogens is 757 g/mol. The topological polar surface area (TPSA) is 337 Å². The molecule has 1 fully saturated rings. The van der Waals surface area contributed by atoms with Gasteiger partial charge in [0.05, 0.1) is 17.0 Å². The first kappa shape index (κ1) is 39.2. The van der Waals surface area contributed by atoms with Crippen molar-refractivity contribution in [1.82, 2.24) is 38.7 Å². The second kappa shape index (κ2) is 13.8. The summed E-state index contributed by atoms with van der Waals surface area (Å²) in [5.74, 6) is -5.24. The summed E-state index contributed by atoms with van der Waals surface area (Å²) in [7, 11) is -8.77. The number of amides is 4. The fourth-order valence-electron chi connectivity index (χ4n) is 4.59. The molecule has 4 amide bonds. The Hall–Kier alpha value is -5.63. The number of aliphatic carboxylic acids is 1. The van der Waals surface area contributed by atoms with E-state index in [2.05, 4.69) is 25.5 Å². The highest BCUT2D eigenvalue weighted by Gasteiger charge is 2.58. The number of nitrogens with one attached hydrogen (secondary N) is 3. The minimum Gasteiger partial charge on any atom is -0.503 e. The minimum absolute atomic E-state index is 0.0124. The Bertz CT molecular complexity index is 2340. The number of nitrogens with zero attached hydrogens (tertiary/aromatic N) is 6. The molecule has 0 unspecified atom stereocenters. The molecule has 0 radical (unpaired) electrons. The summed E-state index contributed by atoms with van der Waals surface area (Å²) in [6.07, 6.45) is 1.59. The van der Waals surface area contributed by atoms with Crippen LogP contribution in [-0.4, -0.2) is 114 Å². The molecule has 4 heterocycles. The van der Waals surface area contributed by atoms with Crippen LogP contribution in [0.3, 0.4) is 0 Å². The van der Waals surface area contributed by atoms with Gasteiger partial charge in [0.25, 0.3) is 11.8 Å². The van der Waals surface area contributed by atoms with E-state index in [0.29, 0.717) is 4.90 Å². The normalized spacial score (nSPS) is 16.2. The molecule has 282 valence electrons. The highest BCUT2D eigenvalue weighted by Crippen LogP contribution is 2.32. The van der Waals surface area contributed by atoms with Crippen LogP contribution in [0.5, 0.6) is 5.75 Å². The van der Waals surface area contributed by atoms with Crippen molar-refractivity contribution in [3.63, 3.8) is 0 Å². The Morgan fingerprint density at radius 1 is 1.19 bits per heavy atom. The number of nitrogen functional groups attached to an aromatic ring is 1. The maximum atomic E-state index is 13.3. The van der Waals surface area contributed by atoms with E-state index >= 15 is 0 Å². The first-order chi connectivity index (χ1) is 23.9. The number of β-lactam (4-membered cyclic amide) rings is 1. The van der Waals surface area contributed by atoms with Gasteiger partial charge in [0.2, 0.25) is 11.0 Å². The largest absolute Gasteiger partial charge is 0.503 e. The number of carbonyl (C=O) groups is 4. The van der Waals surface area contributed by atoms with Gasteiger partial charge in [-0.15, -0.1) is 16.4 Å². The molecule has 7 N–H and O–H groups in total. The fraction of sp³-hybridized carbons (Fsp3) is 0.423. The second-order valence-corrected chi connectivity index (χ2v) is 16.9. The van der Waals surface area contributed by atoms with Gasteiger partial charge in [-0.2, -0.15) is 8.42 Å². The maximum absolute atomic E-state index is 13.3. The summed E-state index contributed by atoms with van der Waals surface area (Å²) < 4.78 is 52.1. The SMILES string of the molecule is CC(C)(O/N=C(\C(=O)N[C@@H]1C(=O)N(C(=O)NS(=O)(=O)n2nc(-c3cc(=O)c(O)c[nH]3)n(CCCS(C)(=O)=O)c2=O)C1(C)C)c1csc(N)n1)C(=O)O. The highest BCUT2D eigenvalue weighted by atomic mass is 32.2. The van der Waals surface area contributed by atoms with Gasteiger partial charge in [0.15, 0.2) is 22.4 Å². The molecule has 23 nitrogen and oxygen atoms in total. The van der Waals surface area contributed by atoms with Crippen LogP contribution in [0.25, 0.3) is 11.5 Å². The molecule has 1 aliphatic heterocycles. The van der Waals surface area contributed by atoms with E-state index in [0.717, 1.165) is 48.3 Å². The van der Waals surface area contributed by atoms with Gasteiger partial charge in [0, 0.05) is 30.4 Å². The number of carboxylic acid groups (broad SMARTS) is 1. The molecule has 3 aromatic rings. The Balaban J connectivity index is 1.59. The first-order valence-corrected chi connectivity index (χ1v) is 19.0. The van der Waals surface area contributed by atoms with Crippen molar-refractivity contribution in [2.45, 2.75) is 57.8 Å². The number of oxime groups is 1. The second-order valence-electron chi connectivity index (χ2n) is 12.2. The summed E-state index contributed by atoms with van der Waals surface area (Å²) in [6.45, 7) is 4.47. The lowest BCUT2D eigenvalue weighted by Crippen LogP contribution is -2.79. The third-order valence-corrected chi connectivity index (χ3v) is 10.2. The number of anilines is 1. The number of carbonyl (C=O) groups excluding carboxylic acids is 3. The van der Waals surface area contributed by atoms with Crippen LogP contribution in [0.15, 0.2) is 32.4 Å². The number of urea groups is 1. The number of imide groups is 1. The molecule has 3 aromatic heterocycles. The lowest BCUT2D eigenvalue weighted by molar-refractivity contribution is -0.161. The number of aromatic amines is 1. The molecule has 1 aliphatic rings. The quantitative estimate of drug-likeness (QED) is 0.0606. The van der Waals surface area contributed by atoms with Gasteiger partial charge in [-0.25, -0.2) is 32.5 Å². The standard InChI is InChI=1S/C26H32N10O13S3/c1-25(2)17(30-19(39)16(13-11-50-22(27)29-13)32-49-26(3,4)21(41)42)20(40)35(25)23(43)33-52(47,48)36-24(44)34(7-6-8-51(5,45)46)18(31-36)12-9-14(37)15(38)10-28-12/h9-11,17,38H,6-8H2,1-5H3,(H2,27,29)(H,28,37)(H,30,39)(H,33,43)(H,41,42)/b32-16-/t17-/m1/s1. The number of pyridine rings is 1. The summed E-state index contributed by atoms with van der Waals surface area (Å²) in [5.41, 5.74) is -1.16. The fourth-order valence-corrected chi connectivity index (χ4v) is 6.68. The molecule has 26 heteroatoms. The van der Waals surface area contributed by atoms with Gasteiger partial charge in [-0.3, -0.25) is 23.9 Å². The van der Waals surface area contributed by atoms with Crippen molar-refractivity contribution in [2.24, 2.45) is 5.16 Å². The third-order valence-electron chi connectivity index (χ3n) is 7.40. The van der Waals surface area contributed by atoms with E-state index in [1.807, 2.05) is 0 Å². The molecule has 1 atom stereocenters. The number of nitrogens with two attached hydrogens (primary N) is 1. The Labute approximate surface area is 297 Å². The summed E-state index contributed by atoms with van der Waals surface area (Å²) in [5, 5.41) is 29.9. The van der Waals surface area contributed by atoms with Crippen molar-refractivity contribution in [1.29, 1.82) is 0 Å². The number of hydrogen-bond acceptors (Lipinski definition) is 17. The number of aromatic hydroxyl groups is 1. The summed E-state index contributed by atoms with van der Waals surface area (Å²) >= 11 is 0.913. The van der Waals surface area contributed by atoms with E-state index in [4.69, 9.17) is 10.6 Å². The molecule has 0 bridgehead atoms. The minimum atomic E-state index is -5.25. The number of carboxylic acids is 1. The maximum Gasteiger partial charge on any atom is 0.362 e. The van der Waals surface area contributed by atoms with Gasteiger partial charge < -0.3 is 31.1 Å². The van der Waals surface area contributed by atoms with Crippen LogP contribution in [0.2, 0.25) is 0 Å². The third kappa shape index (κ3) is 7.96. The molecule has 52 heavy (non-hydrogen) atoms. The van der Waals surface area contributed by atoms with Gasteiger partial charge in [0.1, 0.15) is 21.6 Å². The Morgan fingerprint density at radius 2 is 1.85 bits per heavy atom. The summed E-state index contributed by atoms with van der Waals surface area (Å²) in [4.78, 5) is 88.4. The van der Waals surface area contributed by atoms with Gasteiger partial charge in [-0.1, -0.05) is 9.24 Å². The molecular formula is C26H32N10O13S3. The lowest BCUT2D eigenvalue weighted by Gasteiger charge is -2.51. The van der Waals surface area contributed by atoms with E-state index in [1.165, 1.54) is 19.2 Å². The van der Waals surface area contributed by atoms with Crippen LogP contribution in [0, 0.1) is 0 Å². The smallest absolute Gasteiger partial charge is 0.362 e. The number of sulfone groups is 1. The molecule has 0 aromatic carbocycles. The number of rotatable bonds is 13. The zero-order chi connectivity index (χ0) is 39.1. The first-order valence-electron chi connectivity index (χ1n) is 14.6. The number of hydrogen-bond donors (Lipinski definition) is 6. The van der Waals surface area contributed by atoms with Crippen LogP contribution in [0.4, 0.5) is 9.93 Å². The molecule has 1 saturated heterocycles. The van der Waals surface area contributed by atoms with Crippen molar-refractivity contribution >= 4 is 66.0 Å². The van der Waals surface area contributed by atoms with Crippen LogP contribution in [0.1, 0.15) is 39.8 Å². The average Bonchev–Trinajstić information content (AvgIpc) is 3.59. The van der Waals surface area contributed by atoms with Crippen LogP contribution >= 0.6 is 11.3 Å². The highest BCUT2D eigenvalue weighted by molar-refractivity contribution is 7.90. The number of H-pyrrole nitrogens is 1. The van der Waals surface area contributed by atoms with Gasteiger partial charge in [-0.05, 0) is 34.1 Å². The lowest BCUT2D eigenvalue weighted by atomic mass is 9.82. The predicted octanol–water partition coefficient (Wildman–Crippen LogP) is -2.23. The van der Waals surface area contributed by atoms with E-state index < -0.39 is 102 Å². The average molecular weight is 789 g/mol. The van der Waals surface area contributed by atoms with Gasteiger partial charge >= 0.3 is 27.9 Å². The summed E-state index contributed by atoms with van der Waals surface area (Å²) in [6, 6.07) is -2.25. The zero-order valence-electron chi connectivity index (χ0n) is 27.8. The van der Waals surface area contributed by atoms with Crippen molar-refractivity contribution in [3.05, 3.63) is 44.0 Å². The molecule has 4 rings (SSSR count). The molecule has 0 saturated carbocycles. The zero-order valence-corrected chi connectivity index (χ0v) is 30.3. The van der Waals surface area contributed by atoms with E-state index in [-0.39, 0.29) is 27.0 Å². The van der Waals surface area contributed by atoms with Crippen LogP contribution in [-0.2, 0) is 45.8 Å². The monoisotopic (exact) mass is 788 g/mol. The van der Waals surface area contributed by atoms with Crippen molar-refractivity contribution in [3.8, 4) is 17.3 Å².